The molecule has 4 N–H and O–H groups in total. The molecule has 0 spiro atoms. The smallest absolute Gasteiger partial charge is 0.305 e. The van der Waals surface area contributed by atoms with E-state index in [1.807, 2.05) is 18.2 Å². The number of aliphatic carboxylic acids is 1. The van der Waals surface area contributed by atoms with Crippen LogP contribution in [0.3, 0.4) is 0 Å². The number of rotatable bonds is 5. The molecule has 4 nitrogen and oxygen atoms in total. The van der Waals surface area contributed by atoms with E-state index >= 15 is 0 Å². The molecule has 0 bridgehead atoms. The minimum atomic E-state index is -0.909. The summed E-state index contributed by atoms with van der Waals surface area (Å²) in [4.78, 5) is 10.5. The van der Waals surface area contributed by atoms with Gasteiger partial charge in [0.25, 0.3) is 0 Å². The average Bonchev–Trinajstić information content (AvgIpc) is 2.16. The maximum Gasteiger partial charge on any atom is 0.305 e. The Balaban J connectivity index is 2.77. The van der Waals surface area contributed by atoms with Gasteiger partial charge in [0, 0.05) is 6.04 Å². The number of benzene rings is 1. The molecular formula is C12H17NO3. The van der Waals surface area contributed by atoms with Crippen molar-refractivity contribution in [3.8, 4) is 0 Å². The normalized spacial score (nSPS) is 14.4. The molecule has 0 saturated carbocycles. The third-order valence-corrected chi connectivity index (χ3v) is 2.30. The van der Waals surface area contributed by atoms with Gasteiger partial charge in [-0.05, 0) is 24.5 Å². The summed E-state index contributed by atoms with van der Waals surface area (Å²) in [5.41, 5.74) is 7.51. The van der Waals surface area contributed by atoms with E-state index in [0.717, 1.165) is 11.1 Å². The topological polar surface area (TPSA) is 83.5 Å². The molecule has 0 amide bonds. The second-order valence-electron chi connectivity index (χ2n) is 4.00. The van der Waals surface area contributed by atoms with Gasteiger partial charge in [-0.25, -0.2) is 0 Å². The van der Waals surface area contributed by atoms with Crippen LogP contribution in [0.5, 0.6) is 0 Å². The van der Waals surface area contributed by atoms with Gasteiger partial charge in [0.15, 0.2) is 0 Å². The summed E-state index contributed by atoms with van der Waals surface area (Å²) >= 11 is 0. The first-order chi connectivity index (χ1) is 7.49. The molecule has 0 aliphatic carbocycles. The summed E-state index contributed by atoms with van der Waals surface area (Å²) in [5.74, 6) is -0.909. The standard InChI is InChI=1S/C12H17NO3/c1-8(14)5-9-3-2-4-10(6-9)11(13)7-12(15)16/h2-4,6,8,11,14H,5,7,13H2,1H3,(H,15,16). The lowest BCUT2D eigenvalue weighted by Gasteiger charge is -2.11. The number of hydrogen-bond acceptors (Lipinski definition) is 3. The average molecular weight is 223 g/mol. The van der Waals surface area contributed by atoms with Crippen molar-refractivity contribution in [1.29, 1.82) is 0 Å². The molecule has 0 fully saturated rings. The molecule has 1 aromatic rings. The van der Waals surface area contributed by atoms with Gasteiger partial charge in [0.2, 0.25) is 0 Å². The maximum absolute atomic E-state index is 10.5. The second-order valence-corrected chi connectivity index (χ2v) is 4.00. The highest BCUT2D eigenvalue weighted by molar-refractivity contribution is 5.67. The van der Waals surface area contributed by atoms with Gasteiger partial charge < -0.3 is 15.9 Å². The lowest BCUT2D eigenvalue weighted by Crippen LogP contribution is -2.15. The fourth-order valence-electron chi connectivity index (χ4n) is 1.60. The van der Waals surface area contributed by atoms with E-state index in [0.29, 0.717) is 6.42 Å². The van der Waals surface area contributed by atoms with Crippen LogP contribution in [0.15, 0.2) is 24.3 Å². The van der Waals surface area contributed by atoms with Crippen molar-refractivity contribution in [3.05, 3.63) is 35.4 Å². The van der Waals surface area contributed by atoms with Crippen LogP contribution in [0.25, 0.3) is 0 Å². The zero-order valence-corrected chi connectivity index (χ0v) is 9.26. The van der Waals surface area contributed by atoms with Crippen molar-refractivity contribution >= 4 is 5.97 Å². The van der Waals surface area contributed by atoms with Gasteiger partial charge in [-0.3, -0.25) is 4.79 Å². The molecule has 1 aromatic carbocycles. The van der Waals surface area contributed by atoms with Crippen molar-refractivity contribution in [2.45, 2.75) is 31.9 Å². The summed E-state index contributed by atoms with van der Waals surface area (Å²) in [6.45, 7) is 1.71. The molecule has 0 aliphatic rings. The minimum Gasteiger partial charge on any atom is -0.481 e. The molecule has 0 aromatic heterocycles. The molecule has 0 heterocycles. The zero-order chi connectivity index (χ0) is 12.1. The maximum atomic E-state index is 10.5. The fourth-order valence-corrected chi connectivity index (χ4v) is 1.60. The van der Waals surface area contributed by atoms with E-state index in [2.05, 4.69) is 0 Å². The van der Waals surface area contributed by atoms with E-state index in [4.69, 9.17) is 10.8 Å². The first kappa shape index (κ1) is 12.7. The van der Waals surface area contributed by atoms with Gasteiger partial charge in [-0.2, -0.15) is 0 Å². The Morgan fingerprint density at radius 2 is 2.19 bits per heavy atom. The van der Waals surface area contributed by atoms with Crippen LogP contribution in [0.1, 0.15) is 30.5 Å². The van der Waals surface area contributed by atoms with E-state index < -0.39 is 18.1 Å². The number of carboxylic acid groups (broad SMARTS) is 1. The van der Waals surface area contributed by atoms with Crippen LogP contribution < -0.4 is 5.73 Å². The molecule has 88 valence electrons. The van der Waals surface area contributed by atoms with Crippen LogP contribution >= 0.6 is 0 Å². The van der Waals surface area contributed by atoms with Crippen molar-refractivity contribution < 1.29 is 15.0 Å². The van der Waals surface area contributed by atoms with Gasteiger partial charge in [-0.1, -0.05) is 24.3 Å². The third kappa shape index (κ3) is 4.00. The fraction of sp³-hybridized carbons (Fsp3) is 0.417. The van der Waals surface area contributed by atoms with Crippen molar-refractivity contribution in [3.63, 3.8) is 0 Å². The van der Waals surface area contributed by atoms with Crippen LogP contribution in [0.4, 0.5) is 0 Å². The highest BCUT2D eigenvalue weighted by Crippen LogP contribution is 2.16. The van der Waals surface area contributed by atoms with Crippen LogP contribution in [0, 0.1) is 0 Å². The summed E-state index contributed by atoms with van der Waals surface area (Å²) in [7, 11) is 0. The van der Waals surface area contributed by atoms with E-state index in [1.54, 1.807) is 13.0 Å². The lowest BCUT2D eigenvalue weighted by atomic mass is 10.00. The monoisotopic (exact) mass is 223 g/mol. The summed E-state index contributed by atoms with van der Waals surface area (Å²) in [6, 6.07) is 6.88. The Labute approximate surface area is 94.7 Å². The largest absolute Gasteiger partial charge is 0.481 e. The first-order valence-corrected chi connectivity index (χ1v) is 5.23. The number of nitrogens with two attached hydrogens (primary N) is 1. The molecule has 0 saturated heterocycles. The second kappa shape index (κ2) is 5.63. The quantitative estimate of drug-likeness (QED) is 0.697. The van der Waals surface area contributed by atoms with Crippen molar-refractivity contribution in [2.24, 2.45) is 5.73 Å². The Morgan fingerprint density at radius 3 is 2.75 bits per heavy atom. The molecule has 0 radical (unpaired) electrons. The Bertz CT molecular complexity index is 363. The van der Waals surface area contributed by atoms with Gasteiger partial charge in [0.05, 0.1) is 12.5 Å². The minimum absolute atomic E-state index is 0.0852. The van der Waals surface area contributed by atoms with Crippen LogP contribution in [-0.2, 0) is 11.2 Å². The molecule has 1 rings (SSSR count). The highest BCUT2D eigenvalue weighted by Gasteiger charge is 2.11. The van der Waals surface area contributed by atoms with E-state index in [-0.39, 0.29) is 6.42 Å². The summed E-state index contributed by atoms with van der Waals surface area (Å²) < 4.78 is 0. The predicted molar refractivity (Wildman–Crippen MR) is 61.0 cm³/mol. The van der Waals surface area contributed by atoms with Crippen LogP contribution in [0.2, 0.25) is 0 Å². The Kier molecular flexibility index (Phi) is 4.46. The van der Waals surface area contributed by atoms with Gasteiger partial charge in [0.1, 0.15) is 0 Å². The number of hydrogen-bond donors (Lipinski definition) is 3. The van der Waals surface area contributed by atoms with E-state index in [9.17, 15) is 9.90 Å². The van der Waals surface area contributed by atoms with Crippen molar-refractivity contribution in [1.82, 2.24) is 0 Å². The number of aliphatic hydroxyl groups excluding tert-OH is 1. The zero-order valence-electron chi connectivity index (χ0n) is 9.26. The summed E-state index contributed by atoms with van der Waals surface area (Å²) in [6.07, 6.45) is 0.0529. The molecule has 2 atom stereocenters. The van der Waals surface area contributed by atoms with Crippen molar-refractivity contribution in [2.75, 3.05) is 0 Å². The number of aliphatic hydroxyl groups is 1. The molecular weight excluding hydrogens is 206 g/mol. The highest BCUT2D eigenvalue weighted by atomic mass is 16.4. The predicted octanol–water partition coefficient (Wildman–Crippen LogP) is 1.08. The SMILES string of the molecule is CC(O)Cc1cccc(C(N)CC(=O)O)c1. The molecule has 16 heavy (non-hydrogen) atoms. The Morgan fingerprint density at radius 1 is 1.50 bits per heavy atom. The number of carbonyl (C=O) groups is 1. The molecule has 0 aliphatic heterocycles. The first-order valence-electron chi connectivity index (χ1n) is 5.23. The Hall–Kier alpha value is -1.39. The van der Waals surface area contributed by atoms with Gasteiger partial charge >= 0.3 is 5.97 Å². The van der Waals surface area contributed by atoms with Crippen LogP contribution in [-0.4, -0.2) is 22.3 Å². The summed E-state index contributed by atoms with van der Waals surface area (Å²) in [5, 5.41) is 17.9. The third-order valence-electron chi connectivity index (χ3n) is 2.30. The van der Waals surface area contributed by atoms with E-state index in [1.165, 1.54) is 0 Å². The number of carboxylic acids is 1. The lowest BCUT2D eigenvalue weighted by molar-refractivity contribution is -0.137. The van der Waals surface area contributed by atoms with Gasteiger partial charge in [-0.15, -0.1) is 0 Å². The molecule has 4 heteroatoms. The molecule has 2 unspecified atom stereocenters.